The van der Waals surface area contributed by atoms with Crippen molar-refractivity contribution < 1.29 is 4.79 Å². The molecule has 1 aliphatic carbocycles. The van der Waals surface area contributed by atoms with Crippen LogP contribution in [0.1, 0.15) is 57.1 Å². The Morgan fingerprint density at radius 3 is 2.81 bits per heavy atom. The van der Waals surface area contributed by atoms with Gasteiger partial charge >= 0.3 is 0 Å². The quantitative estimate of drug-likeness (QED) is 0.734. The molecule has 2 atom stereocenters. The molecule has 1 nitrogen and oxygen atoms in total. The molecular weight excluding hydrogens is 196 g/mol. The van der Waals surface area contributed by atoms with Crippen LogP contribution < -0.4 is 0 Å². The second-order valence-corrected chi connectivity index (χ2v) is 5.14. The number of ketones is 1. The van der Waals surface area contributed by atoms with Crippen LogP contribution in [0.25, 0.3) is 0 Å². The van der Waals surface area contributed by atoms with Gasteiger partial charge < -0.3 is 0 Å². The van der Waals surface area contributed by atoms with Crippen molar-refractivity contribution in [2.75, 3.05) is 0 Å². The summed E-state index contributed by atoms with van der Waals surface area (Å²) in [6, 6.07) is 8.45. The molecule has 1 aromatic carbocycles. The summed E-state index contributed by atoms with van der Waals surface area (Å²) in [5, 5.41) is 0. The van der Waals surface area contributed by atoms with E-state index in [1.54, 1.807) is 0 Å². The lowest BCUT2D eigenvalue weighted by Gasteiger charge is -2.37. The van der Waals surface area contributed by atoms with Crippen LogP contribution in [0.4, 0.5) is 0 Å². The van der Waals surface area contributed by atoms with Crippen LogP contribution >= 0.6 is 0 Å². The lowest BCUT2D eigenvalue weighted by atomic mass is 9.65. The van der Waals surface area contributed by atoms with E-state index in [1.165, 1.54) is 11.1 Å². The summed E-state index contributed by atoms with van der Waals surface area (Å²) in [6.45, 7) is 6.34. The first-order valence-corrected chi connectivity index (χ1v) is 6.22. The predicted octanol–water partition coefficient (Wildman–Crippen LogP) is 3.82. The highest BCUT2D eigenvalue weighted by molar-refractivity contribution is 5.90. The van der Waals surface area contributed by atoms with Gasteiger partial charge in [0, 0.05) is 6.42 Å². The number of hydrogen-bond acceptors (Lipinski definition) is 1. The molecule has 1 heteroatoms. The number of benzene rings is 1. The van der Waals surface area contributed by atoms with Crippen molar-refractivity contribution in [3.63, 3.8) is 0 Å². The molecule has 0 saturated carbocycles. The van der Waals surface area contributed by atoms with Crippen molar-refractivity contribution in [1.29, 1.82) is 0 Å². The lowest BCUT2D eigenvalue weighted by molar-refractivity contribution is -0.124. The highest BCUT2D eigenvalue weighted by Gasteiger charge is 2.39. The summed E-state index contributed by atoms with van der Waals surface area (Å²) in [6.07, 6.45) is 2.76. The molecule has 0 bridgehead atoms. The third kappa shape index (κ3) is 1.59. The van der Waals surface area contributed by atoms with Crippen LogP contribution in [-0.2, 0) is 10.2 Å². The summed E-state index contributed by atoms with van der Waals surface area (Å²) < 4.78 is 0. The SMILES string of the molecule is CCC(=O)C1(C)CCC(C)c2ccccc21. The Labute approximate surface area is 97.9 Å². The molecular formula is C15H20O. The maximum absolute atomic E-state index is 12.2. The number of Topliss-reactive ketones (excluding diaryl/α,β-unsaturated/α-hetero) is 1. The Bertz CT molecular complexity index is 408. The first-order chi connectivity index (χ1) is 7.59. The predicted molar refractivity (Wildman–Crippen MR) is 66.7 cm³/mol. The zero-order valence-corrected chi connectivity index (χ0v) is 10.4. The average molecular weight is 216 g/mol. The van der Waals surface area contributed by atoms with E-state index in [0.717, 1.165) is 12.8 Å². The first-order valence-electron chi connectivity index (χ1n) is 6.22. The summed E-state index contributed by atoms with van der Waals surface area (Å²) in [5.41, 5.74) is 2.40. The van der Waals surface area contributed by atoms with Crippen LogP contribution in [0.2, 0.25) is 0 Å². The van der Waals surface area contributed by atoms with Crippen molar-refractivity contribution in [2.24, 2.45) is 0 Å². The number of hydrogen-bond donors (Lipinski definition) is 0. The van der Waals surface area contributed by atoms with E-state index in [4.69, 9.17) is 0 Å². The molecule has 1 aromatic rings. The summed E-state index contributed by atoms with van der Waals surface area (Å²) in [5.74, 6) is 0.973. The third-order valence-corrected chi connectivity index (χ3v) is 4.10. The smallest absolute Gasteiger partial charge is 0.142 e. The summed E-state index contributed by atoms with van der Waals surface area (Å²) in [4.78, 5) is 12.2. The van der Waals surface area contributed by atoms with Gasteiger partial charge in [0.2, 0.25) is 0 Å². The summed E-state index contributed by atoms with van der Waals surface area (Å²) in [7, 11) is 0. The second-order valence-electron chi connectivity index (χ2n) is 5.14. The van der Waals surface area contributed by atoms with Crippen molar-refractivity contribution in [1.82, 2.24) is 0 Å². The number of fused-ring (bicyclic) bond motifs is 1. The van der Waals surface area contributed by atoms with Crippen molar-refractivity contribution in [3.8, 4) is 0 Å². The fourth-order valence-corrected chi connectivity index (χ4v) is 2.90. The normalized spacial score (nSPS) is 28.6. The monoisotopic (exact) mass is 216 g/mol. The van der Waals surface area contributed by atoms with Gasteiger partial charge in [0.05, 0.1) is 5.41 Å². The van der Waals surface area contributed by atoms with Gasteiger partial charge in [0.1, 0.15) is 5.78 Å². The molecule has 0 N–H and O–H groups in total. The standard InChI is InChI=1S/C15H20O/c1-4-14(16)15(3)10-9-11(2)12-7-5-6-8-13(12)15/h5-8,11H,4,9-10H2,1-3H3. The van der Waals surface area contributed by atoms with Crippen molar-refractivity contribution in [2.45, 2.75) is 51.4 Å². The number of carbonyl (C=O) groups is 1. The third-order valence-electron chi connectivity index (χ3n) is 4.10. The van der Waals surface area contributed by atoms with Gasteiger partial charge in [-0.05, 0) is 36.8 Å². The fourth-order valence-electron chi connectivity index (χ4n) is 2.90. The first kappa shape index (κ1) is 11.4. The Morgan fingerprint density at radius 1 is 1.44 bits per heavy atom. The van der Waals surface area contributed by atoms with Crippen LogP contribution in [0.15, 0.2) is 24.3 Å². The Kier molecular flexibility index (Phi) is 2.88. The molecule has 2 unspecified atom stereocenters. The van der Waals surface area contributed by atoms with Gasteiger partial charge in [0.15, 0.2) is 0 Å². The molecule has 1 aliphatic rings. The number of carbonyl (C=O) groups excluding carboxylic acids is 1. The van der Waals surface area contributed by atoms with E-state index < -0.39 is 0 Å². The fraction of sp³-hybridized carbons (Fsp3) is 0.533. The van der Waals surface area contributed by atoms with Gasteiger partial charge in [-0.2, -0.15) is 0 Å². The summed E-state index contributed by atoms with van der Waals surface area (Å²) >= 11 is 0. The Balaban J connectivity index is 2.53. The topological polar surface area (TPSA) is 17.1 Å². The van der Waals surface area contributed by atoms with Gasteiger partial charge in [-0.25, -0.2) is 0 Å². The van der Waals surface area contributed by atoms with Crippen LogP contribution in [-0.4, -0.2) is 5.78 Å². The number of rotatable bonds is 2. The molecule has 0 amide bonds. The lowest BCUT2D eigenvalue weighted by Crippen LogP contribution is -2.36. The Morgan fingerprint density at radius 2 is 2.12 bits per heavy atom. The highest BCUT2D eigenvalue weighted by atomic mass is 16.1. The molecule has 0 saturated heterocycles. The largest absolute Gasteiger partial charge is 0.299 e. The van der Waals surface area contributed by atoms with E-state index in [1.807, 2.05) is 6.92 Å². The minimum atomic E-state index is -0.238. The molecule has 16 heavy (non-hydrogen) atoms. The van der Waals surface area contributed by atoms with Crippen LogP contribution in [0.5, 0.6) is 0 Å². The average Bonchev–Trinajstić information content (AvgIpc) is 2.33. The van der Waals surface area contributed by atoms with Crippen LogP contribution in [0.3, 0.4) is 0 Å². The molecule has 0 aliphatic heterocycles. The Hall–Kier alpha value is -1.11. The molecule has 0 heterocycles. The molecule has 0 radical (unpaired) electrons. The second kappa shape index (κ2) is 4.04. The highest BCUT2D eigenvalue weighted by Crippen LogP contribution is 2.43. The maximum atomic E-state index is 12.2. The minimum absolute atomic E-state index is 0.238. The van der Waals surface area contributed by atoms with E-state index in [9.17, 15) is 4.79 Å². The zero-order valence-electron chi connectivity index (χ0n) is 10.4. The maximum Gasteiger partial charge on any atom is 0.142 e. The van der Waals surface area contributed by atoms with E-state index in [0.29, 0.717) is 18.1 Å². The van der Waals surface area contributed by atoms with E-state index in [-0.39, 0.29) is 5.41 Å². The molecule has 0 aromatic heterocycles. The van der Waals surface area contributed by atoms with E-state index >= 15 is 0 Å². The van der Waals surface area contributed by atoms with E-state index in [2.05, 4.69) is 38.1 Å². The van der Waals surface area contributed by atoms with Gasteiger partial charge in [-0.1, -0.05) is 38.1 Å². The van der Waals surface area contributed by atoms with Gasteiger partial charge in [0.25, 0.3) is 0 Å². The van der Waals surface area contributed by atoms with Gasteiger partial charge in [-0.15, -0.1) is 0 Å². The molecule has 0 spiro atoms. The minimum Gasteiger partial charge on any atom is -0.299 e. The van der Waals surface area contributed by atoms with Crippen molar-refractivity contribution in [3.05, 3.63) is 35.4 Å². The molecule has 86 valence electrons. The molecule has 0 fully saturated rings. The molecule has 2 rings (SSSR count). The van der Waals surface area contributed by atoms with Gasteiger partial charge in [-0.3, -0.25) is 4.79 Å². The van der Waals surface area contributed by atoms with Crippen LogP contribution in [0, 0.1) is 0 Å². The zero-order chi connectivity index (χ0) is 11.8. The van der Waals surface area contributed by atoms with Crippen molar-refractivity contribution >= 4 is 5.78 Å².